The van der Waals surface area contributed by atoms with Gasteiger partial charge in [0.1, 0.15) is 29.1 Å². The van der Waals surface area contributed by atoms with E-state index >= 15 is 0 Å². The van der Waals surface area contributed by atoms with E-state index in [0.29, 0.717) is 15.8 Å². The second kappa shape index (κ2) is 7.96. The molecule has 7 nitrogen and oxygen atoms in total. The lowest BCUT2D eigenvalue weighted by Gasteiger charge is -2.24. The molecule has 2 heterocycles. The van der Waals surface area contributed by atoms with Crippen LogP contribution in [0.3, 0.4) is 0 Å². The largest absolute Gasteiger partial charge is 0.507 e. The Morgan fingerprint density at radius 2 is 1.94 bits per heavy atom. The maximum absolute atomic E-state index is 13.0. The summed E-state index contributed by atoms with van der Waals surface area (Å²) in [5.41, 5.74) is 1.11. The zero-order chi connectivity index (χ0) is 22.3. The van der Waals surface area contributed by atoms with E-state index in [9.17, 15) is 19.8 Å². The summed E-state index contributed by atoms with van der Waals surface area (Å²) >= 11 is 3.36. The van der Waals surface area contributed by atoms with Crippen molar-refractivity contribution in [3.63, 3.8) is 0 Å². The van der Waals surface area contributed by atoms with E-state index in [1.807, 2.05) is 0 Å². The van der Waals surface area contributed by atoms with Crippen molar-refractivity contribution < 1.29 is 29.0 Å². The van der Waals surface area contributed by atoms with E-state index in [1.165, 1.54) is 19.4 Å². The van der Waals surface area contributed by atoms with Gasteiger partial charge in [0.25, 0.3) is 11.7 Å². The van der Waals surface area contributed by atoms with Crippen LogP contribution in [-0.2, 0) is 9.59 Å². The molecule has 1 atom stereocenters. The number of Topliss-reactive ketones (excluding diaryl/α,β-unsaturated/α-hetero) is 1. The van der Waals surface area contributed by atoms with Crippen molar-refractivity contribution in [2.75, 3.05) is 12.0 Å². The third kappa shape index (κ3) is 3.48. The molecule has 1 unspecified atom stereocenters. The third-order valence-corrected chi connectivity index (χ3v) is 5.69. The first kappa shape index (κ1) is 20.7. The highest BCUT2D eigenvalue weighted by Gasteiger charge is 2.49. The Bertz CT molecular complexity index is 1210. The minimum Gasteiger partial charge on any atom is -0.507 e. The Morgan fingerprint density at radius 1 is 1.16 bits per heavy atom. The van der Waals surface area contributed by atoms with Crippen LogP contribution >= 0.6 is 15.9 Å². The van der Waals surface area contributed by atoms with E-state index < -0.39 is 17.7 Å². The second-order valence-corrected chi connectivity index (χ2v) is 7.88. The van der Waals surface area contributed by atoms with Gasteiger partial charge in [-0.25, -0.2) is 0 Å². The summed E-state index contributed by atoms with van der Waals surface area (Å²) in [6.45, 7) is 1.80. The Balaban J connectivity index is 1.94. The molecule has 0 bridgehead atoms. The molecule has 2 aromatic carbocycles. The number of benzene rings is 2. The van der Waals surface area contributed by atoms with Crippen molar-refractivity contribution >= 4 is 39.1 Å². The quantitative estimate of drug-likeness (QED) is 0.317. The molecular formula is C23H18BrNO6. The summed E-state index contributed by atoms with van der Waals surface area (Å²) in [5.74, 6) is -1.48. The SMILES string of the molecule is COc1ccc(/C(O)=C2/C(=O)C(=O)N(c3cc(C)ccc3O)C2c2ccco2)cc1Br. The number of aliphatic hydroxyl groups excluding tert-OH is 1. The summed E-state index contributed by atoms with van der Waals surface area (Å²) in [6, 6.07) is 11.7. The number of aryl methyl sites for hydroxylation is 1. The van der Waals surface area contributed by atoms with E-state index in [1.54, 1.807) is 49.4 Å². The maximum Gasteiger partial charge on any atom is 0.300 e. The molecule has 0 aliphatic carbocycles. The third-order valence-electron chi connectivity index (χ3n) is 5.07. The molecule has 3 aromatic rings. The number of nitrogens with zero attached hydrogens (tertiary/aromatic N) is 1. The topological polar surface area (TPSA) is 100 Å². The zero-order valence-electron chi connectivity index (χ0n) is 16.6. The van der Waals surface area contributed by atoms with Gasteiger partial charge in [0, 0.05) is 5.56 Å². The van der Waals surface area contributed by atoms with Crippen molar-refractivity contribution in [2.24, 2.45) is 0 Å². The first-order chi connectivity index (χ1) is 14.8. The van der Waals surface area contributed by atoms with Crippen molar-refractivity contribution in [3.05, 3.63) is 81.7 Å². The van der Waals surface area contributed by atoms with Gasteiger partial charge >= 0.3 is 0 Å². The van der Waals surface area contributed by atoms with Gasteiger partial charge in [0.05, 0.1) is 29.1 Å². The van der Waals surface area contributed by atoms with Gasteiger partial charge < -0.3 is 19.4 Å². The number of ketones is 1. The number of carbonyl (C=O) groups is 2. The van der Waals surface area contributed by atoms with E-state index in [4.69, 9.17) is 9.15 Å². The number of furan rings is 1. The Morgan fingerprint density at radius 3 is 2.58 bits per heavy atom. The molecule has 0 radical (unpaired) electrons. The minimum absolute atomic E-state index is 0.141. The Kier molecular flexibility index (Phi) is 5.32. The van der Waals surface area contributed by atoms with Gasteiger partial charge in [-0.1, -0.05) is 6.07 Å². The molecule has 1 amide bonds. The van der Waals surface area contributed by atoms with Crippen LogP contribution in [0.2, 0.25) is 0 Å². The first-order valence-corrected chi connectivity index (χ1v) is 10.1. The summed E-state index contributed by atoms with van der Waals surface area (Å²) in [6.07, 6.45) is 1.41. The van der Waals surface area contributed by atoms with Crippen LogP contribution in [0, 0.1) is 6.92 Å². The molecule has 0 saturated carbocycles. The molecule has 1 saturated heterocycles. The average Bonchev–Trinajstić information content (AvgIpc) is 3.36. The van der Waals surface area contributed by atoms with Gasteiger partial charge in [-0.3, -0.25) is 14.5 Å². The summed E-state index contributed by atoms with van der Waals surface area (Å²) in [7, 11) is 1.51. The van der Waals surface area contributed by atoms with Crippen LogP contribution in [0.25, 0.3) is 5.76 Å². The fourth-order valence-electron chi connectivity index (χ4n) is 3.59. The molecule has 158 valence electrons. The van der Waals surface area contributed by atoms with Gasteiger partial charge in [-0.05, 0) is 70.9 Å². The number of anilines is 1. The van der Waals surface area contributed by atoms with Crippen LogP contribution in [0.4, 0.5) is 5.69 Å². The van der Waals surface area contributed by atoms with Gasteiger partial charge in [0.15, 0.2) is 0 Å². The van der Waals surface area contributed by atoms with E-state index in [0.717, 1.165) is 10.5 Å². The fourth-order valence-corrected chi connectivity index (χ4v) is 4.13. The number of halogens is 1. The standard InChI is InChI=1S/C23H18BrNO6/c1-12-5-7-16(26)15(10-12)25-20(18-4-3-9-31-18)19(22(28)23(25)29)21(27)13-6-8-17(30-2)14(24)11-13/h3-11,20,26-27H,1-2H3/b21-19-. The van der Waals surface area contributed by atoms with E-state index in [-0.39, 0.29) is 28.5 Å². The molecular weight excluding hydrogens is 466 g/mol. The number of phenols is 1. The lowest BCUT2D eigenvalue weighted by molar-refractivity contribution is -0.132. The molecule has 1 aliphatic rings. The highest BCUT2D eigenvalue weighted by atomic mass is 79.9. The number of phenolic OH excluding ortho intramolecular Hbond substituents is 1. The van der Waals surface area contributed by atoms with Crippen LogP contribution in [0.15, 0.2) is 69.3 Å². The number of aromatic hydroxyl groups is 1. The smallest absolute Gasteiger partial charge is 0.300 e. The van der Waals surface area contributed by atoms with Crippen LogP contribution < -0.4 is 9.64 Å². The number of hydrogen-bond acceptors (Lipinski definition) is 6. The predicted octanol–water partition coefficient (Wildman–Crippen LogP) is 4.69. The highest BCUT2D eigenvalue weighted by molar-refractivity contribution is 9.10. The molecule has 2 N–H and O–H groups in total. The van der Waals surface area contributed by atoms with Crippen LogP contribution in [0.1, 0.15) is 22.9 Å². The Hall–Kier alpha value is -3.52. The predicted molar refractivity (Wildman–Crippen MR) is 117 cm³/mol. The number of hydrogen-bond donors (Lipinski definition) is 2. The van der Waals surface area contributed by atoms with Gasteiger partial charge in [-0.15, -0.1) is 0 Å². The number of carbonyl (C=O) groups excluding carboxylic acids is 2. The lowest BCUT2D eigenvalue weighted by atomic mass is 9.99. The summed E-state index contributed by atoms with van der Waals surface area (Å²) in [5, 5.41) is 21.5. The number of aliphatic hydroxyl groups is 1. The lowest BCUT2D eigenvalue weighted by Crippen LogP contribution is -2.29. The van der Waals surface area contributed by atoms with Crippen molar-refractivity contribution in [2.45, 2.75) is 13.0 Å². The molecule has 31 heavy (non-hydrogen) atoms. The van der Waals surface area contributed by atoms with Crippen molar-refractivity contribution in [1.82, 2.24) is 0 Å². The second-order valence-electron chi connectivity index (χ2n) is 7.03. The van der Waals surface area contributed by atoms with Gasteiger partial charge in [-0.2, -0.15) is 0 Å². The molecule has 4 rings (SSSR count). The number of rotatable bonds is 4. The highest BCUT2D eigenvalue weighted by Crippen LogP contribution is 2.45. The molecule has 1 aliphatic heterocycles. The minimum atomic E-state index is -1.05. The molecule has 1 fully saturated rings. The molecule has 8 heteroatoms. The normalized spacial score (nSPS) is 17.9. The van der Waals surface area contributed by atoms with Crippen molar-refractivity contribution in [3.8, 4) is 11.5 Å². The van der Waals surface area contributed by atoms with Gasteiger partial charge in [0.2, 0.25) is 0 Å². The number of methoxy groups -OCH3 is 1. The summed E-state index contributed by atoms with van der Waals surface area (Å²) in [4.78, 5) is 27.2. The number of amides is 1. The molecule has 1 aromatic heterocycles. The number of ether oxygens (including phenoxy) is 1. The van der Waals surface area contributed by atoms with Crippen LogP contribution in [-0.4, -0.2) is 29.0 Å². The average molecular weight is 484 g/mol. The van der Waals surface area contributed by atoms with Crippen molar-refractivity contribution in [1.29, 1.82) is 0 Å². The Labute approximate surface area is 186 Å². The first-order valence-electron chi connectivity index (χ1n) is 9.31. The van der Waals surface area contributed by atoms with E-state index in [2.05, 4.69) is 15.9 Å². The maximum atomic E-state index is 13.0. The van der Waals surface area contributed by atoms with Crippen LogP contribution in [0.5, 0.6) is 11.5 Å². The summed E-state index contributed by atoms with van der Waals surface area (Å²) < 4.78 is 11.3. The zero-order valence-corrected chi connectivity index (χ0v) is 18.2. The monoisotopic (exact) mass is 483 g/mol. The molecule has 0 spiro atoms. The fraction of sp³-hybridized carbons (Fsp3) is 0.130.